The molecule has 1 aromatic carbocycles. The molecule has 0 radical (unpaired) electrons. The summed E-state index contributed by atoms with van der Waals surface area (Å²) in [5.74, 6) is 0.617. The molecule has 1 aliphatic heterocycles. The van der Waals surface area contributed by atoms with Gasteiger partial charge in [-0.15, -0.1) is 0 Å². The lowest BCUT2D eigenvalue weighted by atomic mass is 9.74. The lowest BCUT2D eigenvalue weighted by Gasteiger charge is -2.44. The summed E-state index contributed by atoms with van der Waals surface area (Å²) in [5.41, 5.74) is 8.34. The van der Waals surface area contributed by atoms with Gasteiger partial charge in [-0.05, 0) is 69.0 Å². The van der Waals surface area contributed by atoms with Crippen LogP contribution in [-0.2, 0) is 11.2 Å². The summed E-state index contributed by atoms with van der Waals surface area (Å²) in [4.78, 5) is 15.1. The van der Waals surface area contributed by atoms with Crippen LogP contribution in [0, 0.1) is 12.8 Å². The number of likely N-dealkylation sites (tertiary alicyclic amines) is 1. The molecule has 1 saturated heterocycles. The molecule has 5 heteroatoms. The maximum absolute atomic E-state index is 12.4. The van der Waals surface area contributed by atoms with Crippen LogP contribution in [0.4, 0.5) is 0 Å². The zero-order chi connectivity index (χ0) is 19.3. The van der Waals surface area contributed by atoms with E-state index in [9.17, 15) is 4.79 Å². The standard InChI is InChI=1S/C22H30BrN3O/c1-5-8-25-9-6-7-16-18-10-15(23)11-20-21(18)17(12-19(16)25)14(4)26(20)24-22(27)13(2)3/h10-11,13,16,19H,5-9,12H2,1-4H3,(H,24,27)/t16-,19-/m1/s1. The van der Waals surface area contributed by atoms with Crippen molar-refractivity contribution in [3.63, 3.8) is 0 Å². The highest BCUT2D eigenvalue weighted by atomic mass is 79.9. The fourth-order valence-electron chi connectivity index (χ4n) is 5.08. The van der Waals surface area contributed by atoms with Crippen molar-refractivity contribution in [1.82, 2.24) is 9.58 Å². The monoisotopic (exact) mass is 431 g/mol. The van der Waals surface area contributed by atoms with E-state index in [1.807, 2.05) is 18.5 Å². The van der Waals surface area contributed by atoms with Gasteiger partial charge in [-0.3, -0.25) is 19.8 Å². The Bertz CT molecular complexity index is 884. The summed E-state index contributed by atoms with van der Waals surface area (Å²) in [6.07, 6.45) is 4.83. The number of benzene rings is 1. The highest BCUT2D eigenvalue weighted by Gasteiger charge is 2.39. The van der Waals surface area contributed by atoms with Gasteiger partial charge < -0.3 is 0 Å². The van der Waals surface area contributed by atoms with Gasteiger partial charge in [0, 0.05) is 33.4 Å². The lowest BCUT2D eigenvalue weighted by Crippen LogP contribution is -2.47. The first kappa shape index (κ1) is 19.0. The summed E-state index contributed by atoms with van der Waals surface area (Å²) in [6.45, 7) is 10.7. The summed E-state index contributed by atoms with van der Waals surface area (Å²) in [7, 11) is 0. The number of carbonyl (C=O) groups excluding carboxylic acids is 1. The summed E-state index contributed by atoms with van der Waals surface area (Å²) < 4.78 is 3.13. The first-order valence-electron chi connectivity index (χ1n) is 10.3. The van der Waals surface area contributed by atoms with Crippen LogP contribution < -0.4 is 5.43 Å². The van der Waals surface area contributed by atoms with E-state index >= 15 is 0 Å². The number of amides is 1. The molecule has 27 heavy (non-hydrogen) atoms. The van der Waals surface area contributed by atoms with Gasteiger partial charge in [0.05, 0.1) is 5.52 Å². The van der Waals surface area contributed by atoms with Gasteiger partial charge in [0.1, 0.15) is 0 Å². The minimum atomic E-state index is -0.0373. The minimum absolute atomic E-state index is 0.0373. The Morgan fingerprint density at radius 3 is 2.85 bits per heavy atom. The first-order chi connectivity index (χ1) is 12.9. The molecule has 146 valence electrons. The van der Waals surface area contributed by atoms with E-state index < -0.39 is 0 Å². The second-order valence-electron chi connectivity index (χ2n) is 8.48. The molecule has 2 atom stereocenters. The van der Waals surface area contributed by atoms with Crippen molar-refractivity contribution in [2.75, 3.05) is 18.5 Å². The Labute approximate surface area is 170 Å². The molecule has 2 aromatic rings. The van der Waals surface area contributed by atoms with Crippen LogP contribution >= 0.6 is 15.9 Å². The number of nitrogens with zero attached hydrogens (tertiary/aromatic N) is 2. The van der Waals surface area contributed by atoms with E-state index in [0.29, 0.717) is 12.0 Å². The third-order valence-electron chi connectivity index (χ3n) is 6.39. The molecule has 0 saturated carbocycles. The molecule has 2 aliphatic rings. The summed E-state index contributed by atoms with van der Waals surface area (Å²) in [6, 6.07) is 5.06. The summed E-state index contributed by atoms with van der Waals surface area (Å²) in [5, 5.41) is 1.37. The molecule has 1 amide bonds. The number of hydrogen-bond donors (Lipinski definition) is 1. The number of carbonyl (C=O) groups is 1. The second-order valence-corrected chi connectivity index (χ2v) is 9.39. The SMILES string of the molecule is CCCN1CCC[C@@H]2c3cc(Br)cc4c3c(c(C)n4NC(=O)C(C)C)C[C@H]21. The summed E-state index contributed by atoms with van der Waals surface area (Å²) >= 11 is 3.73. The van der Waals surface area contributed by atoms with Crippen LogP contribution in [0.15, 0.2) is 16.6 Å². The third-order valence-corrected chi connectivity index (χ3v) is 6.85. The van der Waals surface area contributed by atoms with Gasteiger partial charge in [-0.2, -0.15) is 0 Å². The first-order valence-corrected chi connectivity index (χ1v) is 11.1. The van der Waals surface area contributed by atoms with E-state index in [1.165, 1.54) is 54.6 Å². The molecule has 0 bridgehead atoms. The maximum Gasteiger partial charge on any atom is 0.241 e. The van der Waals surface area contributed by atoms with E-state index in [-0.39, 0.29) is 11.8 Å². The number of hydrogen-bond acceptors (Lipinski definition) is 2. The molecular formula is C22H30BrN3O. The Kier molecular flexibility index (Phi) is 5.10. The predicted octanol–water partition coefficient (Wildman–Crippen LogP) is 4.95. The number of rotatable bonds is 4. The maximum atomic E-state index is 12.4. The quantitative estimate of drug-likeness (QED) is 0.742. The molecule has 1 aromatic heterocycles. The van der Waals surface area contributed by atoms with Crippen LogP contribution in [0.2, 0.25) is 0 Å². The molecular weight excluding hydrogens is 402 g/mol. The molecule has 2 heterocycles. The van der Waals surface area contributed by atoms with Crippen molar-refractivity contribution < 1.29 is 4.79 Å². The Morgan fingerprint density at radius 1 is 1.37 bits per heavy atom. The zero-order valence-electron chi connectivity index (χ0n) is 16.8. The van der Waals surface area contributed by atoms with Crippen LogP contribution in [0.3, 0.4) is 0 Å². The van der Waals surface area contributed by atoms with Gasteiger partial charge in [0.2, 0.25) is 5.91 Å². The molecule has 0 unspecified atom stereocenters. The second kappa shape index (κ2) is 7.25. The molecule has 4 nitrogen and oxygen atoms in total. The predicted molar refractivity (Wildman–Crippen MR) is 115 cm³/mol. The topological polar surface area (TPSA) is 37.3 Å². The molecule has 4 rings (SSSR count). The van der Waals surface area contributed by atoms with Crippen LogP contribution in [0.5, 0.6) is 0 Å². The fraction of sp³-hybridized carbons (Fsp3) is 0.591. The normalized spacial score (nSPS) is 22.3. The average molecular weight is 432 g/mol. The van der Waals surface area contributed by atoms with E-state index in [1.54, 1.807) is 0 Å². The van der Waals surface area contributed by atoms with Crippen LogP contribution in [-0.4, -0.2) is 34.6 Å². The largest absolute Gasteiger partial charge is 0.299 e. The smallest absolute Gasteiger partial charge is 0.241 e. The Morgan fingerprint density at radius 2 is 2.15 bits per heavy atom. The molecule has 1 aliphatic carbocycles. The minimum Gasteiger partial charge on any atom is -0.299 e. The molecule has 1 N–H and O–H groups in total. The van der Waals surface area contributed by atoms with Crippen molar-refractivity contribution >= 4 is 32.7 Å². The number of aromatic nitrogens is 1. The van der Waals surface area contributed by atoms with E-state index in [0.717, 1.165) is 16.4 Å². The highest BCUT2D eigenvalue weighted by molar-refractivity contribution is 9.10. The van der Waals surface area contributed by atoms with E-state index in [4.69, 9.17) is 0 Å². The average Bonchev–Trinajstić information content (AvgIpc) is 2.88. The van der Waals surface area contributed by atoms with E-state index in [2.05, 4.69) is 52.2 Å². The fourth-order valence-corrected chi connectivity index (χ4v) is 5.54. The zero-order valence-corrected chi connectivity index (χ0v) is 18.4. The van der Waals surface area contributed by atoms with Crippen molar-refractivity contribution in [2.24, 2.45) is 5.92 Å². The number of piperidine rings is 1. The van der Waals surface area contributed by atoms with Gasteiger partial charge in [0.25, 0.3) is 0 Å². The van der Waals surface area contributed by atoms with Crippen LogP contribution in [0.25, 0.3) is 10.9 Å². The van der Waals surface area contributed by atoms with Crippen molar-refractivity contribution in [2.45, 2.75) is 65.3 Å². The van der Waals surface area contributed by atoms with Crippen molar-refractivity contribution in [3.8, 4) is 0 Å². The van der Waals surface area contributed by atoms with Crippen LogP contribution in [0.1, 0.15) is 62.8 Å². The van der Waals surface area contributed by atoms with Gasteiger partial charge >= 0.3 is 0 Å². The highest BCUT2D eigenvalue weighted by Crippen LogP contribution is 2.46. The van der Waals surface area contributed by atoms with Crippen molar-refractivity contribution in [1.29, 1.82) is 0 Å². The molecule has 1 fully saturated rings. The Hall–Kier alpha value is -1.33. The van der Waals surface area contributed by atoms with Crippen molar-refractivity contribution in [3.05, 3.63) is 33.4 Å². The molecule has 0 spiro atoms. The van der Waals surface area contributed by atoms with Gasteiger partial charge in [0.15, 0.2) is 0 Å². The number of fused-ring (bicyclic) bond motifs is 2. The Balaban J connectivity index is 1.87. The lowest BCUT2D eigenvalue weighted by molar-refractivity contribution is -0.119. The number of halogens is 1. The van der Waals surface area contributed by atoms with Gasteiger partial charge in [-0.25, -0.2) is 0 Å². The third kappa shape index (κ3) is 3.13. The number of nitrogens with one attached hydrogen (secondary N) is 1. The van der Waals surface area contributed by atoms with Gasteiger partial charge in [-0.1, -0.05) is 36.7 Å².